The highest BCUT2D eigenvalue weighted by Gasteiger charge is 2.20. The Hall–Kier alpha value is -1.00. The molecule has 1 aliphatic rings. The van der Waals surface area contributed by atoms with E-state index in [4.69, 9.17) is 4.74 Å². The van der Waals surface area contributed by atoms with Crippen LogP contribution < -0.4 is 5.32 Å². The predicted octanol–water partition coefficient (Wildman–Crippen LogP) is 3.57. The largest absolute Gasteiger partial charge is 0.378 e. The highest BCUT2D eigenvalue weighted by molar-refractivity contribution is 5.22. The average Bonchev–Trinajstić information content (AvgIpc) is 2.45. The molecule has 2 rings (SSSR count). The first kappa shape index (κ1) is 14.4. The standard InChI is InChI=1S/C15H21F2NO/c1-18-14(9-8-11-5-2-3-10-19-11)12-6-4-7-13(16)15(12)17/h4,6-7,11,14,18H,2-3,5,8-10H2,1H3. The first-order valence-electron chi connectivity index (χ1n) is 6.95. The van der Waals surface area contributed by atoms with E-state index < -0.39 is 11.6 Å². The molecule has 1 aromatic carbocycles. The quantitative estimate of drug-likeness (QED) is 0.882. The summed E-state index contributed by atoms with van der Waals surface area (Å²) < 4.78 is 32.7. The van der Waals surface area contributed by atoms with E-state index in [9.17, 15) is 8.78 Å². The number of nitrogens with one attached hydrogen (secondary N) is 1. The van der Waals surface area contributed by atoms with Crippen LogP contribution >= 0.6 is 0 Å². The van der Waals surface area contributed by atoms with Crippen LogP contribution in [0.3, 0.4) is 0 Å². The topological polar surface area (TPSA) is 21.3 Å². The lowest BCUT2D eigenvalue weighted by Gasteiger charge is -2.25. The summed E-state index contributed by atoms with van der Waals surface area (Å²) in [4.78, 5) is 0. The average molecular weight is 269 g/mol. The molecular weight excluding hydrogens is 248 g/mol. The second-order valence-corrected chi connectivity index (χ2v) is 5.05. The van der Waals surface area contributed by atoms with E-state index in [0.29, 0.717) is 5.56 Å². The van der Waals surface area contributed by atoms with Gasteiger partial charge in [-0.3, -0.25) is 0 Å². The van der Waals surface area contributed by atoms with E-state index >= 15 is 0 Å². The van der Waals surface area contributed by atoms with Crippen molar-refractivity contribution in [3.63, 3.8) is 0 Å². The highest BCUT2D eigenvalue weighted by Crippen LogP contribution is 2.26. The normalized spacial score (nSPS) is 21.3. The van der Waals surface area contributed by atoms with Gasteiger partial charge in [0.25, 0.3) is 0 Å². The molecular formula is C15H21F2NO. The zero-order chi connectivity index (χ0) is 13.7. The van der Waals surface area contributed by atoms with Gasteiger partial charge >= 0.3 is 0 Å². The molecule has 1 fully saturated rings. The van der Waals surface area contributed by atoms with Gasteiger partial charge in [-0.2, -0.15) is 0 Å². The fourth-order valence-electron chi connectivity index (χ4n) is 2.63. The summed E-state index contributed by atoms with van der Waals surface area (Å²) in [6, 6.07) is 4.17. The first-order valence-corrected chi connectivity index (χ1v) is 6.95. The van der Waals surface area contributed by atoms with Crippen LogP contribution in [-0.4, -0.2) is 19.8 Å². The molecule has 0 bridgehead atoms. The van der Waals surface area contributed by atoms with Crippen LogP contribution in [0.25, 0.3) is 0 Å². The molecule has 0 radical (unpaired) electrons. The van der Waals surface area contributed by atoms with E-state index in [1.54, 1.807) is 19.2 Å². The summed E-state index contributed by atoms with van der Waals surface area (Å²) in [6.45, 7) is 0.823. The Labute approximate surface area is 113 Å². The number of hydrogen-bond donors (Lipinski definition) is 1. The lowest BCUT2D eigenvalue weighted by molar-refractivity contribution is 0.00860. The minimum Gasteiger partial charge on any atom is -0.378 e. The summed E-state index contributed by atoms with van der Waals surface area (Å²) >= 11 is 0. The SMILES string of the molecule is CNC(CCC1CCCCO1)c1cccc(F)c1F. The molecule has 1 aromatic rings. The second kappa shape index (κ2) is 6.96. The third kappa shape index (κ3) is 3.74. The molecule has 1 saturated heterocycles. The van der Waals surface area contributed by atoms with Gasteiger partial charge in [-0.05, 0) is 45.2 Å². The lowest BCUT2D eigenvalue weighted by atomic mass is 9.97. The number of benzene rings is 1. The molecule has 2 nitrogen and oxygen atoms in total. The summed E-state index contributed by atoms with van der Waals surface area (Å²) in [6.07, 6.45) is 5.29. The van der Waals surface area contributed by atoms with Crippen LogP contribution in [0.1, 0.15) is 43.7 Å². The summed E-state index contributed by atoms with van der Waals surface area (Å²) in [5.74, 6) is -1.53. The van der Waals surface area contributed by atoms with Gasteiger partial charge < -0.3 is 10.1 Å². The van der Waals surface area contributed by atoms with Crippen molar-refractivity contribution in [2.75, 3.05) is 13.7 Å². The predicted molar refractivity (Wildman–Crippen MR) is 71.0 cm³/mol. The van der Waals surface area contributed by atoms with Crippen molar-refractivity contribution in [1.29, 1.82) is 0 Å². The fourth-order valence-corrected chi connectivity index (χ4v) is 2.63. The van der Waals surface area contributed by atoms with Crippen LogP contribution in [0.2, 0.25) is 0 Å². The molecule has 0 amide bonds. The van der Waals surface area contributed by atoms with Crippen LogP contribution in [0.5, 0.6) is 0 Å². The summed E-state index contributed by atoms with van der Waals surface area (Å²) in [5, 5.41) is 3.06. The van der Waals surface area contributed by atoms with Gasteiger partial charge in [0, 0.05) is 18.2 Å². The molecule has 0 aliphatic carbocycles. The van der Waals surface area contributed by atoms with Gasteiger partial charge in [-0.1, -0.05) is 12.1 Å². The van der Waals surface area contributed by atoms with Crippen LogP contribution in [0, 0.1) is 11.6 Å². The molecule has 2 atom stereocenters. The monoisotopic (exact) mass is 269 g/mol. The zero-order valence-electron chi connectivity index (χ0n) is 11.3. The minimum absolute atomic E-state index is 0.166. The number of halogens is 2. The van der Waals surface area contributed by atoms with E-state index in [2.05, 4.69) is 5.32 Å². The summed E-state index contributed by atoms with van der Waals surface area (Å²) in [5.41, 5.74) is 0.401. The maximum Gasteiger partial charge on any atom is 0.163 e. The first-order chi connectivity index (χ1) is 9.22. The van der Waals surface area contributed by atoms with E-state index in [0.717, 1.165) is 38.4 Å². The Balaban J connectivity index is 1.97. The van der Waals surface area contributed by atoms with E-state index in [1.165, 1.54) is 6.42 Å². The smallest absolute Gasteiger partial charge is 0.163 e. The minimum atomic E-state index is -0.785. The van der Waals surface area contributed by atoms with Crippen LogP contribution in [-0.2, 0) is 4.74 Å². The van der Waals surface area contributed by atoms with Crippen molar-refractivity contribution in [2.45, 2.75) is 44.2 Å². The molecule has 1 N–H and O–H groups in total. The van der Waals surface area contributed by atoms with E-state index in [1.807, 2.05) is 0 Å². The van der Waals surface area contributed by atoms with Crippen molar-refractivity contribution >= 4 is 0 Å². The van der Waals surface area contributed by atoms with Crippen LogP contribution in [0.15, 0.2) is 18.2 Å². The number of rotatable bonds is 5. The molecule has 2 unspecified atom stereocenters. The molecule has 0 spiro atoms. The third-order valence-electron chi connectivity index (χ3n) is 3.76. The Morgan fingerprint density at radius 1 is 1.37 bits per heavy atom. The molecule has 4 heteroatoms. The molecule has 1 aliphatic heterocycles. The van der Waals surface area contributed by atoms with Gasteiger partial charge in [0.2, 0.25) is 0 Å². The van der Waals surface area contributed by atoms with Gasteiger partial charge in [0.1, 0.15) is 0 Å². The molecule has 0 aromatic heterocycles. The Morgan fingerprint density at radius 3 is 2.89 bits per heavy atom. The van der Waals surface area contributed by atoms with Crippen molar-refractivity contribution < 1.29 is 13.5 Å². The van der Waals surface area contributed by atoms with Crippen molar-refractivity contribution in [3.8, 4) is 0 Å². The lowest BCUT2D eigenvalue weighted by Crippen LogP contribution is -2.23. The van der Waals surface area contributed by atoms with Gasteiger partial charge in [-0.25, -0.2) is 8.78 Å². The van der Waals surface area contributed by atoms with Gasteiger partial charge in [0.05, 0.1) is 6.10 Å². The summed E-state index contributed by atoms with van der Waals surface area (Å²) in [7, 11) is 1.77. The maximum absolute atomic E-state index is 13.8. The number of hydrogen-bond acceptors (Lipinski definition) is 2. The number of ether oxygens (including phenoxy) is 1. The van der Waals surface area contributed by atoms with Crippen LogP contribution in [0.4, 0.5) is 8.78 Å². The van der Waals surface area contributed by atoms with E-state index in [-0.39, 0.29) is 12.1 Å². The van der Waals surface area contributed by atoms with Gasteiger partial charge in [-0.15, -0.1) is 0 Å². The fraction of sp³-hybridized carbons (Fsp3) is 0.600. The molecule has 1 heterocycles. The maximum atomic E-state index is 13.8. The Bertz CT molecular complexity index is 405. The zero-order valence-corrected chi connectivity index (χ0v) is 11.3. The Kier molecular flexibility index (Phi) is 5.28. The third-order valence-corrected chi connectivity index (χ3v) is 3.76. The second-order valence-electron chi connectivity index (χ2n) is 5.05. The van der Waals surface area contributed by atoms with Crippen molar-refractivity contribution in [1.82, 2.24) is 5.32 Å². The highest BCUT2D eigenvalue weighted by atomic mass is 19.2. The molecule has 106 valence electrons. The Morgan fingerprint density at radius 2 is 2.21 bits per heavy atom. The van der Waals surface area contributed by atoms with Gasteiger partial charge in [0.15, 0.2) is 11.6 Å². The molecule has 19 heavy (non-hydrogen) atoms. The molecule has 0 saturated carbocycles. The van der Waals surface area contributed by atoms with Crippen molar-refractivity contribution in [2.24, 2.45) is 0 Å². The van der Waals surface area contributed by atoms with Crippen molar-refractivity contribution in [3.05, 3.63) is 35.4 Å².